The predicted octanol–water partition coefficient (Wildman–Crippen LogP) is 1.64. The Hall–Kier alpha value is -0.0400. The monoisotopic (exact) mass is 158 g/mol. The van der Waals surface area contributed by atoms with Gasteiger partial charge in [0.2, 0.25) is 0 Å². The molecule has 0 atom stereocenters. The first-order chi connectivity index (χ1) is 5.13. The van der Waals surface area contributed by atoms with Gasteiger partial charge in [0, 0.05) is 0 Å². The van der Waals surface area contributed by atoms with E-state index in [9.17, 15) is 0 Å². The van der Waals surface area contributed by atoms with E-state index in [-0.39, 0.29) is 0 Å². The normalized spacial score (nSPS) is 11.5. The highest BCUT2D eigenvalue weighted by atomic mass is 14.8. The predicted molar refractivity (Wildman–Crippen MR) is 50.6 cm³/mol. The zero-order valence-electron chi connectivity index (χ0n) is 8.56. The summed E-state index contributed by atoms with van der Waals surface area (Å²) in [5, 5.41) is 2.44. The van der Waals surface area contributed by atoms with Crippen molar-refractivity contribution in [2.24, 2.45) is 11.8 Å². The van der Waals surface area contributed by atoms with Crippen molar-refractivity contribution in [1.29, 1.82) is 0 Å². The van der Waals surface area contributed by atoms with E-state index < -0.39 is 0 Å². The Morgan fingerprint density at radius 1 is 0.818 bits per heavy atom. The van der Waals surface area contributed by atoms with Crippen molar-refractivity contribution >= 4 is 0 Å². The first-order valence-electron chi connectivity index (χ1n) is 4.94. The molecule has 0 aliphatic rings. The van der Waals surface area contributed by atoms with Gasteiger partial charge in [0.15, 0.2) is 0 Å². The maximum atomic E-state index is 2.44. The van der Waals surface area contributed by atoms with Gasteiger partial charge in [-0.3, -0.25) is 0 Å². The third kappa shape index (κ3) is 9.96. The Kier molecular flexibility index (Phi) is 6.63. The van der Waals surface area contributed by atoms with Gasteiger partial charge in [-0.05, 0) is 24.7 Å². The highest BCUT2D eigenvalue weighted by Gasteiger charge is 1.97. The third-order valence-electron chi connectivity index (χ3n) is 1.90. The minimum atomic E-state index is 0.866. The SMILES string of the molecule is CC(C)CC[NH2+]CCC(C)C. The molecule has 0 fully saturated rings. The summed E-state index contributed by atoms with van der Waals surface area (Å²) in [6, 6.07) is 0. The van der Waals surface area contributed by atoms with Crippen LogP contribution in [0.2, 0.25) is 0 Å². The lowest BCUT2D eigenvalue weighted by atomic mass is 10.1. The second-order valence-electron chi connectivity index (χ2n) is 4.23. The molecule has 0 heterocycles. The van der Waals surface area contributed by atoms with Crippen molar-refractivity contribution in [2.45, 2.75) is 40.5 Å². The van der Waals surface area contributed by atoms with Crippen LogP contribution in [-0.4, -0.2) is 13.1 Å². The number of nitrogens with two attached hydrogens (primary N) is 1. The standard InChI is InChI=1S/C10H23N/c1-9(2)5-7-11-8-6-10(3)4/h9-11H,5-8H2,1-4H3/p+1. The van der Waals surface area contributed by atoms with Crippen molar-refractivity contribution < 1.29 is 5.32 Å². The minimum absolute atomic E-state index is 0.866. The third-order valence-corrected chi connectivity index (χ3v) is 1.90. The fourth-order valence-corrected chi connectivity index (χ4v) is 1.05. The van der Waals surface area contributed by atoms with Crippen LogP contribution in [0.15, 0.2) is 0 Å². The zero-order chi connectivity index (χ0) is 8.69. The van der Waals surface area contributed by atoms with E-state index in [1.54, 1.807) is 0 Å². The zero-order valence-corrected chi connectivity index (χ0v) is 8.56. The second-order valence-corrected chi connectivity index (χ2v) is 4.23. The van der Waals surface area contributed by atoms with E-state index in [1.807, 2.05) is 0 Å². The van der Waals surface area contributed by atoms with Gasteiger partial charge >= 0.3 is 0 Å². The van der Waals surface area contributed by atoms with Crippen LogP contribution in [0, 0.1) is 11.8 Å². The summed E-state index contributed by atoms with van der Waals surface area (Å²) in [4.78, 5) is 0. The Balaban J connectivity index is 2.91. The van der Waals surface area contributed by atoms with E-state index in [4.69, 9.17) is 0 Å². The van der Waals surface area contributed by atoms with Crippen LogP contribution in [-0.2, 0) is 0 Å². The quantitative estimate of drug-likeness (QED) is 0.566. The minimum Gasteiger partial charge on any atom is -0.346 e. The van der Waals surface area contributed by atoms with Gasteiger partial charge < -0.3 is 5.32 Å². The topological polar surface area (TPSA) is 16.6 Å². The Labute approximate surface area is 71.6 Å². The molecule has 0 spiro atoms. The summed E-state index contributed by atoms with van der Waals surface area (Å²) in [5.41, 5.74) is 0. The lowest BCUT2D eigenvalue weighted by Gasteiger charge is -2.05. The van der Waals surface area contributed by atoms with Crippen LogP contribution in [0.3, 0.4) is 0 Å². The molecule has 68 valence electrons. The molecule has 0 rings (SSSR count). The van der Waals surface area contributed by atoms with E-state index in [0.29, 0.717) is 0 Å². The summed E-state index contributed by atoms with van der Waals surface area (Å²) in [6.45, 7) is 11.8. The molecular formula is C10H24N+. The average molecular weight is 158 g/mol. The molecule has 0 amide bonds. The molecule has 0 aliphatic heterocycles. The number of rotatable bonds is 6. The Bertz CT molecular complexity index is 66.9. The lowest BCUT2D eigenvalue weighted by Crippen LogP contribution is -2.84. The fraction of sp³-hybridized carbons (Fsp3) is 1.00. The summed E-state index contributed by atoms with van der Waals surface area (Å²) in [5.74, 6) is 1.73. The molecule has 0 radical (unpaired) electrons. The molecule has 2 N–H and O–H groups in total. The molecule has 0 aromatic rings. The van der Waals surface area contributed by atoms with E-state index in [2.05, 4.69) is 33.0 Å². The molecule has 1 nitrogen and oxygen atoms in total. The smallest absolute Gasteiger partial charge is 0.0757 e. The van der Waals surface area contributed by atoms with E-state index in [0.717, 1.165) is 11.8 Å². The summed E-state index contributed by atoms with van der Waals surface area (Å²) in [7, 11) is 0. The number of hydrogen-bond acceptors (Lipinski definition) is 0. The average Bonchev–Trinajstić information content (AvgIpc) is 1.85. The van der Waals surface area contributed by atoms with Crippen molar-refractivity contribution in [1.82, 2.24) is 0 Å². The van der Waals surface area contributed by atoms with Crippen molar-refractivity contribution in [3.8, 4) is 0 Å². The molecule has 0 saturated carbocycles. The van der Waals surface area contributed by atoms with Gasteiger partial charge in [-0.15, -0.1) is 0 Å². The molecule has 0 aromatic carbocycles. The first-order valence-corrected chi connectivity index (χ1v) is 4.94. The van der Waals surface area contributed by atoms with Crippen LogP contribution in [0.4, 0.5) is 0 Å². The molecular weight excluding hydrogens is 134 g/mol. The maximum Gasteiger partial charge on any atom is 0.0757 e. The largest absolute Gasteiger partial charge is 0.346 e. The van der Waals surface area contributed by atoms with Gasteiger partial charge in [0.05, 0.1) is 13.1 Å². The fourth-order valence-electron chi connectivity index (χ4n) is 1.05. The highest BCUT2D eigenvalue weighted by Crippen LogP contribution is 1.95. The lowest BCUT2D eigenvalue weighted by molar-refractivity contribution is -0.656. The molecule has 0 aromatic heterocycles. The summed E-state index contributed by atoms with van der Waals surface area (Å²) < 4.78 is 0. The first kappa shape index (κ1) is 11.0. The van der Waals surface area contributed by atoms with Gasteiger partial charge in [0.1, 0.15) is 0 Å². The maximum absolute atomic E-state index is 2.44. The van der Waals surface area contributed by atoms with Gasteiger partial charge in [-0.2, -0.15) is 0 Å². The van der Waals surface area contributed by atoms with Crippen molar-refractivity contribution in [3.05, 3.63) is 0 Å². The second kappa shape index (κ2) is 6.66. The molecule has 0 unspecified atom stereocenters. The van der Waals surface area contributed by atoms with Crippen LogP contribution >= 0.6 is 0 Å². The Morgan fingerprint density at radius 2 is 1.18 bits per heavy atom. The number of quaternary nitrogens is 1. The molecule has 0 bridgehead atoms. The molecule has 0 saturated heterocycles. The number of hydrogen-bond donors (Lipinski definition) is 1. The van der Waals surface area contributed by atoms with Gasteiger partial charge in [-0.1, -0.05) is 27.7 Å². The molecule has 0 aliphatic carbocycles. The van der Waals surface area contributed by atoms with E-state index >= 15 is 0 Å². The van der Waals surface area contributed by atoms with Gasteiger partial charge in [0.25, 0.3) is 0 Å². The van der Waals surface area contributed by atoms with Crippen LogP contribution < -0.4 is 5.32 Å². The van der Waals surface area contributed by atoms with Crippen LogP contribution in [0.25, 0.3) is 0 Å². The van der Waals surface area contributed by atoms with Crippen molar-refractivity contribution in [2.75, 3.05) is 13.1 Å². The highest BCUT2D eigenvalue weighted by molar-refractivity contribution is 4.42. The van der Waals surface area contributed by atoms with Gasteiger partial charge in [-0.25, -0.2) is 0 Å². The van der Waals surface area contributed by atoms with E-state index in [1.165, 1.54) is 25.9 Å². The van der Waals surface area contributed by atoms with Crippen molar-refractivity contribution in [3.63, 3.8) is 0 Å². The summed E-state index contributed by atoms with van der Waals surface area (Å²) >= 11 is 0. The molecule has 11 heavy (non-hydrogen) atoms. The van der Waals surface area contributed by atoms with Crippen LogP contribution in [0.1, 0.15) is 40.5 Å². The summed E-state index contributed by atoms with van der Waals surface area (Å²) in [6.07, 6.45) is 2.72. The van der Waals surface area contributed by atoms with Crippen LogP contribution in [0.5, 0.6) is 0 Å². The Morgan fingerprint density at radius 3 is 1.45 bits per heavy atom. The molecule has 1 heteroatoms.